The number of nitrogens with one attached hydrogen (secondary N) is 2. The van der Waals surface area contributed by atoms with E-state index in [2.05, 4.69) is 30.6 Å². The lowest BCUT2D eigenvalue weighted by Crippen LogP contribution is -2.54. The summed E-state index contributed by atoms with van der Waals surface area (Å²) in [7, 11) is 0. The molecular weight excluding hydrogens is 769 g/mol. The molecule has 3 unspecified atom stereocenters. The maximum Gasteiger partial charge on any atom is 0.272 e. The van der Waals surface area contributed by atoms with Gasteiger partial charge in [-0.05, 0) is 80.3 Å². The zero-order chi connectivity index (χ0) is 40.2. The van der Waals surface area contributed by atoms with Crippen molar-refractivity contribution in [3.8, 4) is 11.8 Å². The number of piperidine rings is 1. The molecule has 1 saturated carbocycles. The molecule has 9 rings (SSSR count). The molecule has 58 heavy (non-hydrogen) atoms. The first-order valence-electron chi connectivity index (χ1n) is 19.8. The maximum atomic E-state index is 15.5. The van der Waals surface area contributed by atoms with Crippen LogP contribution >= 0.6 is 11.6 Å². The Kier molecular flexibility index (Phi) is 9.97. The fourth-order valence-corrected chi connectivity index (χ4v) is 9.66. The zero-order valence-corrected chi connectivity index (χ0v) is 32.3. The van der Waals surface area contributed by atoms with Crippen molar-refractivity contribution in [1.29, 1.82) is 5.26 Å². The largest absolute Gasteiger partial charge is 0.490 e. The standard InChI is InChI=1S/C41H41ClFN9O6/c42-31-11-28(4-1-23(31)14-44)58-27-5-2-26(3-6-27)45-38(54)33-7-9-36(48-47-33)51-16-22(17-51)15-49-18-24-20-50(21-25(24)19-49)35-13-30-29(12-32(35)43)40(56)52(41(30)57)34-8-10-37(53)46-39(34)55/h1,4,7,9,11-13,22,24-27,34H,2-3,5-6,8,10,15-21H2,(H,45,54)(H,46,53,55). The predicted octanol–water partition coefficient (Wildman–Crippen LogP) is 3.17. The Labute approximate surface area is 338 Å². The van der Waals surface area contributed by atoms with Crippen LogP contribution in [-0.2, 0) is 9.59 Å². The average molecular weight is 810 g/mol. The minimum atomic E-state index is -1.10. The van der Waals surface area contributed by atoms with Gasteiger partial charge >= 0.3 is 0 Å². The molecule has 6 aliphatic rings. The number of aromatic nitrogens is 2. The number of halogens is 2. The second kappa shape index (κ2) is 15.3. The number of rotatable bonds is 9. The predicted molar refractivity (Wildman–Crippen MR) is 207 cm³/mol. The van der Waals surface area contributed by atoms with Crippen LogP contribution in [0.5, 0.6) is 5.75 Å². The van der Waals surface area contributed by atoms with Crippen LogP contribution < -0.4 is 25.2 Å². The van der Waals surface area contributed by atoms with Crippen LogP contribution in [0.1, 0.15) is 75.3 Å². The number of carbonyl (C=O) groups excluding carboxylic acids is 5. The van der Waals surface area contributed by atoms with E-state index in [1.54, 1.807) is 24.3 Å². The number of ether oxygens (including phenoxy) is 1. The summed E-state index contributed by atoms with van der Waals surface area (Å²) >= 11 is 6.14. The Hall–Kier alpha value is -5.66. The highest BCUT2D eigenvalue weighted by atomic mass is 35.5. The molecule has 0 radical (unpaired) electrons. The van der Waals surface area contributed by atoms with Crippen LogP contribution in [0.3, 0.4) is 0 Å². The monoisotopic (exact) mass is 809 g/mol. The second-order valence-corrected chi connectivity index (χ2v) is 16.7. The minimum Gasteiger partial charge on any atom is -0.490 e. The van der Waals surface area contributed by atoms with E-state index >= 15 is 4.39 Å². The first-order chi connectivity index (χ1) is 28.0. The lowest BCUT2D eigenvalue weighted by Gasteiger charge is -2.41. The third-order valence-electron chi connectivity index (χ3n) is 12.5. The molecule has 17 heteroatoms. The molecule has 1 aromatic heterocycles. The number of likely N-dealkylation sites (tertiary alicyclic amines) is 1. The van der Waals surface area contributed by atoms with Gasteiger partial charge in [0.25, 0.3) is 17.7 Å². The Bertz CT molecular complexity index is 2230. The number of imide groups is 2. The van der Waals surface area contributed by atoms with Crippen molar-refractivity contribution in [2.75, 3.05) is 55.6 Å². The van der Waals surface area contributed by atoms with E-state index in [4.69, 9.17) is 21.6 Å². The molecule has 300 valence electrons. The molecule has 1 aliphatic carbocycles. The number of anilines is 2. The summed E-state index contributed by atoms with van der Waals surface area (Å²) in [6.45, 7) is 5.64. The molecule has 2 N–H and O–H groups in total. The number of amides is 5. The van der Waals surface area contributed by atoms with E-state index in [9.17, 15) is 24.0 Å². The van der Waals surface area contributed by atoms with Crippen LogP contribution in [0, 0.1) is 34.9 Å². The maximum absolute atomic E-state index is 15.5. The number of benzene rings is 2. The van der Waals surface area contributed by atoms with Gasteiger partial charge in [-0.15, -0.1) is 10.2 Å². The number of hydrogen-bond acceptors (Lipinski definition) is 12. The Morgan fingerprint density at radius 3 is 2.28 bits per heavy atom. The highest BCUT2D eigenvalue weighted by Crippen LogP contribution is 2.39. The first kappa shape index (κ1) is 37.9. The molecule has 0 spiro atoms. The van der Waals surface area contributed by atoms with Gasteiger partial charge in [-0.25, -0.2) is 4.39 Å². The molecule has 3 atom stereocenters. The SMILES string of the molecule is N#Cc1ccc(OC2CCC(NC(=O)c3ccc(N4CC(CN5CC6CN(c7cc8c(cc7F)C(=O)N(C7CCC(=O)NC7=O)C8=O)CC6C5)C4)nn3)CC2)cc1Cl. The third-order valence-corrected chi connectivity index (χ3v) is 12.8. The Balaban J connectivity index is 0.711. The van der Waals surface area contributed by atoms with Gasteiger partial charge in [0.05, 0.1) is 33.5 Å². The second-order valence-electron chi connectivity index (χ2n) is 16.3. The van der Waals surface area contributed by atoms with Crippen LogP contribution in [0.2, 0.25) is 5.02 Å². The quantitative estimate of drug-likeness (QED) is 0.302. The van der Waals surface area contributed by atoms with Crippen molar-refractivity contribution in [3.63, 3.8) is 0 Å². The molecule has 6 heterocycles. The van der Waals surface area contributed by atoms with E-state index in [-0.39, 0.29) is 53.4 Å². The summed E-state index contributed by atoms with van der Waals surface area (Å²) in [5.41, 5.74) is 0.985. The molecule has 4 saturated heterocycles. The summed E-state index contributed by atoms with van der Waals surface area (Å²) < 4.78 is 21.6. The Morgan fingerprint density at radius 2 is 1.62 bits per heavy atom. The van der Waals surface area contributed by atoms with Gasteiger partial charge in [0.2, 0.25) is 11.8 Å². The van der Waals surface area contributed by atoms with Crippen LogP contribution in [0.25, 0.3) is 0 Å². The Morgan fingerprint density at radius 1 is 0.897 bits per heavy atom. The van der Waals surface area contributed by atoms with Gasteiger partial charge in [0.1, 0.15) is 23.7 Å². The van der Waals surface area contributed by atoms with Gasteiger partial charge in [0, 0.05) is 70.3 Å². The van der Waals surface area contributed by atoms with Crippen molar-refractivity contribution >= 4 is 52.6 Å². The summed E-state index contributed by atoms with van der Waals surface area (Å²) in [5, 5.41) is 23.3. The highest BCUT2D eigenvalue weighted by molar-refractivity contribution is 6.31. The molecular formula is C41H41ClFN9O6. The van der Waals surface area contributed by atoms with Gasteiger partial charge in [-0.3, -0.25) is 34.2 Å². The van der Waals surface area contributed by atoms with Crippen LogP contribution in [-0.4, -0.2) is 114 Å². The number of carbonyl (C=O) groups is 5. The zero-order valence-electron chi connectivity index (χ0n) is 31.5. The summed E-state index contributed by atoms with van der Waals surface area (Å²) in [5.74, 6) is -0.853. The molecule has 5 fully saturated rings. The molecule has 0 bridgehead atoms. The van der Waals surface area contributed by atoms with E-state index < -0.39 is 35.5 Å². The van der Waals surface area contributed by atoms with E-state index in [1.807, 2.05) is 17.0 Å². The highest BCUT2D eigenvalue weighted by Gasteiger charge is 2.47. The summed E-state index contributed by atoms with van der Waals surface area (Å²) in [6, 6.07) is 12.1. The van der Waals surface area contributed by atoms with Gasteiger partial charge in [0.15, 0.2) is 11.5 Å². The molecule has 15 nitrogen and oxygen atoms in total. The molecule has 5 amide bonds. The third kappa shape index (κ3) is 7.21. The van der Waals surface area contributed by atoms with Crippen molar-refractivity contribution < 1.29 is 33.1 Å². The van der Waals surface area contributed by atoms with Gasteiger partial charge in [-0.1, -0.05) is 11.6 Å². The van der Waals surface area contributed by atoms with Crippen molar-refractivity contribution in [1.82, 2.24) is 30.6 Å². The smallest absolute Gasteiger partial charge is 0.272 e. The van der Waals surface area contributed by atoms with E-state index in [0.29, 0.717) is 47.2 Å². The molecule has 3 aromatic rings. The lowest BCUT2D eigenvalue weighted by molar-refractivity contribution is -0.136. The van der Waals surface area contributed by atoms with Crippen molar-refractivity contribution in [3.05, 3.63) is 75.7 Å². The van der Waals surface area contributed by atoms with Crippen LogP contribution in [0.15, 0.2) is 42.5 Å². The number of nitriles is 1. The van der Waals surface area contributed by atoms with E-state index in [1.165, 1.54) is 6.07 Å². The van der Waals surface area contributed by atoms with Crippen molar-refractivity contribution in [2.24, 2.45) is 17.8 Å². The minimum absolute atomic E-state index is 0.00664. The molecule has 2 aromatic carbocycles. The first-order valence-corrected chi connectivity index (χ1v) is 20.2. The topological polar surface area (TPSA) is 181 Å². The normalized spacial score (nSPS) is 25.9. The van der Waals surface area contributed by atoms with Gasteiger partial charge in [-0.2, -0.15) is 5.26 Å². The summed E-state index contributed by atoms with van der Waals surface area (Å²) in [4.78, 5) is 70.9. The average Bonchev–Trinajstić information content (AvgIpc) is 3.83. The van der Waals surface area contributed by atoms with E-state index in [0.717, 1.165) is 75.2 Å². The van der Waals surface area contributed by atoms with Crippen LogP contribution in [0.4, 0.5) is 15.9 Å². The number of hydrogen-bond donors (Lipinski definition) is 2. The number of nitrogens with zero attached hydrogens (tertiary/aromatic N) is 7. The number of fused-ring (bicyclic) bond motifs is 2. The fraction of sp³-hybridized carbons (Fsp3) is 0.463. The fourth-order valence-electron chi connectivity index (χ4n) is 9.45. The lowest BCUT2D eigenvalue weighted by atomic mass is 9.93. The van der Waals surface area contributed by atoms with Gasteiger partial charge < -0.3 is 24.8 Å². The van der Waals surface area contributed by atoms with Crippen molar-refractivity contribution in [2.45, 2.75) is 56.7 Å². The summed E-state index contributed by atoms with van der Waals surface area (Å²) in [6.07, 6.45) is 3.15. The molecule has 5 aliphatic heterocycles.